The van der Waals surface area contributed by atoms with Crippen molar-refractivity contribution < 1.29 is 4.39 Å². The molecule has 0 radical (unpaired) electrons. The Kier molecular flexibility index (Phi) is 8.91. The van der Waals surface area contributed by atoms with Crippen molar-refractivity contribution in [2.75, 3.05) is 32.0 Å². The molecular weight excluding hydrogens is 515 g/mol. The monoisotopic (exact) mass is 554 g/mol. The predicted molar refractivity (Wildman–Crippen MR) is 160 cm³/mol. The highest BCUT2D eigenvalue weighted by Crippen LogP contribution is 2.32. The smallest absolute Gasteiger partial charge is 0.136 e. The second-order valence-corrected chi connectivity index (χ2v) is 11.5. The highest BCUT2D eigenvalue weighted by molar-refractivity contribution is 5.85. The van der Waals surface area contributed by atoms with Crippen molar-refractivity contribution in [3.05, 3.63) is 77.6 Å². The lowest BCUT2D eigenvalue weighted by atomic mass is 9.80. The van der Waals surface area contributed by atoms with Gasteiger partial charge in [0.25, 0.3) is 0 Å². The zero-order valence-corrected chi connectivity index (χ0v) is 23.9. The summed E-state index contributed by atoms with van der Waals surface area (Å²) in [5.74, 6) is 1.41. The quantitative estimate of drug-likeness (QED) is 0.281. The third kappa shape index (κ3) is 7.07. The van der Waals surface area contributed by atoms with Crippen LogP contribution in [0.2, 0.25) is 0 Å². The minimum atomic E-state index is -1.15. The van der Waals surface area contributed by atoms with Crippen molar-refractivity contribution in [2.24, 2.45) is 11.7 Å². The Bertz CT molecular complexity index is 1380. The molecule has 0 aromatic carbocycles. The Morgan fingerprint density at radius 3 is 2.59 bits per heavy atom. The van der Waals surface area contributed by atoms with Gasteiger partial charge in [-0.05, 0) is 80.5 Å². The molecule has 0 bridgehead atoms. The van der Waals surface area contributed by atoms with Crippen molar-refractivity contribution >= 4 is 11.4 Å². The number of aryl methyl sites for hydroxylation is 2. The van der Waals surface area contributed by atoms with E-state index in [4.69, 9.17) is 5.73 Å². The molecule has 3 aromatic heterocycles. The standard InChI is InChI=1S/C32H39FN8/c1-3-27-6-4-23(16-36-27)17-37-28-10-24(11-28)18-38-30-7-5-25(19-39-30)29-12-22(8-9-32(33)20-41(2)21-32)15-40-31(29)26(13-34)14-35/h4-7,12-13,15-16,19,24,28,37H,3,8-11,17-18,20-21,34H2,1-2H3,(H,38,39). The van der Waals surface area contributed by atoms with Gasteiger partial charge in [-0.15, -0.1) is 0 Å². The highest BCUT2D eigenvalue weighted by Gasteiger charge is 2.40. The first kappa shape index (κ1) is 28.7. The third-order valence-corrected chi connectivity index (χ3v) is 8.18. The number of hydrogen-bond acceptors (Lipinski definition) is 8. The van der Waals surface area contributed by atoms with Gasteiger partial charge in [-0.25, -0.2) is 9.37 Å². The van der Waals surface area contributed by atoms with Crippen LogP contribution in [-0.4, -0.2) is 58.2 Å². The summed E-state index contributed by atoms with van der Waals surface area (Å²) < 4.78 is 14.8. The summed E-state index contributed by atoms with van der Waals surface area (Å²) in [5, 5.41) is 16.7. The summed E-state index contributed by atoms with van der Waals surface area (Å²) in [4.78, 5) is 15.6. The van der Waals surface area contributed by atoms with E-state index in [9.17, 15) is 9.65 Å². The molecule has 2 fully saturated rings. The predicted octanol–water partition coefficient (Wildman–Crippen LogP) is 4.49. The van der Waals surface area contributed by atoms with Gasteiger partial charge < -0.3 is 16.4 Å². The highest BCUT2D eigenvalue weighted by atomic mass is 19.1. The van der Waals surface area contributed by atoms with E-state index in [1.807, 2.05) is 36.3 Å². The second kappa shape index (κ2) is 12.8. The summed E-state index contributed by atoms with van der Waals surface area (Å²) in [7, 11) is 1.92. The topological polar surface area (TPSA) is 116 Å². The van der Waals surface area contributed by atoms with Gasteiger partial charge in [-0.3, -0.25) is 14.9 Å². The minimum absolute atomic E-state index is 0.290. The van der Waals surface area contributed by atoms with E-state index < -0.39 is 5.67 Å². The maximum absolute atomic E-state index is 14.8. The number of aromatic nitrogens is 3. The Labute approximate surface area is 241 Å². The van der Waals surface area contributed by atoms with E-state index in [1.165, 1.54) is 11.8 Å². The molecule has 3 aromatic rings. The number of hydrogen-bond donors (Lipinski definition) is 3. The van der Waals surface area contributed by atoms with Crippen LogP contribution in [0.5, 0.6) is 0 Å². The van der Waals surface area contributed by atoms with Crippen LogP contribution in [0.4, 0.5) is 10.2 Å². The molecule has 8 nitrogen and oxygen atoms in total. The molecule has 1 aliphatic carbocycles. The van der Waals surface area contributed by atoms with Crippen LogP contribution in [0.1, 0.15) is 48.7 Å². The molecule has 2 aliphatic rings. The van der Waals surface area contributed by atoms with Crippen LogP contribution in [0, 0.1) is 17.2 Å². The number of nitrogens with zero attached hydrogens (tertiary/aromatic N) is 5. The van der Waals surface area contributed by atoms with Crippen LogP contribution >= 0.6 is 0 Å². The average molecular weight is 555 g/mol. The normalized spacial score (nSPS) is 20.1. The number of nitriles is 1. The largest absolute Gasteiger partial charge is 0.403 e. The molecule has 5 rings (SSSR count). The van der Waals surface area contributed by atoms with E-state index in [0.29, 0.717) is 49.2 Å². The number of nitrogens with one attached hydrogen (secondary N) is 2. The molecule has 1 aliphatic heterocycles. The summed E-state index contributed by atoms with van der Waals surface area (Å²) in [5.41, 5.74) is 10.2. The van der Waals surface area contributed by atoms with Crippen molar-refractivity contribution in [1.82, 2.24) is 25.2 Å². The Balaban J connectivity index is 1.15. The maximum Gasteiger partial charge on any atom is 0.136 e. The zero-order valence-electron chi connectivity index (χ0n) is 23.9. The summed E-state index contributed by atoms with van der Waals surface area (Å²) in [6, 6.07) is 12.8. The minimum Gasteiger partial charge on any atom is -0.403 e. The van der Waals surface area contributed by atoms with Crippen LogP contribution in [0.3, 0.4) is 0 Å². The molecule has 0 amide bonds. The van der Waals surface area contributed by atoms with E-state index in [0.717, 1.165) is 60.6 Å². The van der Waals surface area contributed by atoms with E-state index in [1.54, 1.807) is 12.4 Å². The number of nitrogens with two attached hydrogens (primary N) is 1. The van der Waals surface area contributed by atoms with Crippen LogP contribution in [-0.2, 0) is 19.4 Å². The van der Waals surface area contributed by atoms with Gasteiger partial charge in [0.15, 0.2) is 0 Å². The molecule has 41 heavy (non-hydrogen) atoms. The number of allylic oxidation sites excluding steroid dienone is 1. The average Bonchev–Trinajstić information content (AvgIpc) is 2.96. The van der Waals surface area contributed by atoms with Crippen LogP contribution in [0.15, 0.2) is 55.1 Å². The fraction of sp³-hybridized carbons (Fsp3) is 0.438. The number of pyridine rings is 3. The first-order valence-corrected chi connectivity index (χ1v) is 14.4. The first-order valence-electron chi connectivity index (χ1n) is 14.4. The molecular formula is C32H39FN8. The van der Waals surface area contributed by atoms with Gasteiger partial charge in [0.2, 0.25) is 0 Å². The van der Waals surface area contributed by atoms with Gasteiger partial charge in [0.1, 0.15) is 17.6 Å². The molecule has 214 valence electrons. The maximum atomic E-state index is 14.8. The molecule has 1 saturated carbocycles. The Morgan fingerprint density at radius 2 is 1.95 bits per heavy atom. The molecule has 0 unspecified atom stereocenters. The van der Waals surface area contributed by atoms with E-state index in [-0.39, 0.29) is 0 Å². The Hall–Kier alpha value is -3.87. The zero-order chi connectivity index (χ0) is 28.8. The van der Waals surface area contributed by atoms with Crippen molar-refractivity contribution in [1.29, 1.82) is 5.26 Å². The van der Waals surface area contributed by atoms with Crippen LogP contribution in [0.25, 0.3) is 16.7 Å². The third-order valence-electron chi connectivity index (χ3n) is 8.18. The van der Waals surface area contributed by atoms with E-state index in [2.05, 4.69) is 50.7 Å². The van der Waals surface area contributed by atoms with Crippen molar-refractivity contribution in [3.63, 3.8) is 0 Å². The van der Waals surface area contributed by atoms with Gasteiger partial charge in [-0.1, -0.05) is 13.0 Å². The second-order valence-electron chi connectivity index (χ2n) is 11.5. The fourth-order valence-electron chi connectivity index (χ4n) is 5.70. The lowest BCUT2D eigenvalue weighted by Crippen LogP contribution is -2.57. The fourth-order valence-corrected chi connectivity index (χ4v) is 5.70. The molecule has 0 spiro atoms. The van der Waals surface area contributed by atoms with Gasteiger partial charge >= 0.3 is 0 Å². The molecule has 0 atom stereocenters. The van der Waals surface area contributed by atoms with Gasteiger partial charge in [0.05, 0.1) is 11.3 Å². The molecule has 4 heterocycles. The first-order chi connectivity index (χ1) is 19.9. The lowest BCUT2D eigenvalue weighted by molar-refractivity contribution is -0.0211. The Morgan fingerprint density at radius 1 is 1.15 bits per heavy atom. The van der Waals surface area contributed by atoms with E-state index >= 15 is 0 Å². The molecule has 1 saturated heterocycles. The van der Waals surface area contributed by atoms with Crippen molar-refractivity contribution in [2.45, 2.75) is 57.3 Å². The number of likely N-dealkylation sites (tertiary alicyclic amines) is 1. The lowest BCUT2D eigenvalue weighted by Gasteiger charge is -2.42. The number of alkyl halides is 1. The number of halogens is 1. The molecule has 9 heteroatoms. The summed E-state index contributed by atoms with van der Waals surface area (Å²) in [6.45, 7) is 4.75. The summed E-state index contributed by atoms with van der Waals surface area (Å²) >= 11 is 0. The van der Waals surface area contributed by atoms with Gasteiger partial charge in [0, 0.05) is 73.8 Å². The number of rotatable bonds is 12. The van der Waals surface area contributed by atoms with Gasteiger partial charge in [-0.2, -0.15) is 5.26 Å². The molecule has 4 N–H and O–H groups in total. The van der Waals surface area contributed by atoms with Crippen molar-refractivity contribution in [3.8, 4) is 17.2 Å². The SMILES string of the molecule is CCc1ccc(CNC2CC(CNc3ccc(-c4cc(CCC5(F)CN(C)C5)cnc4C(C#N)=CN)cn3)C2)cn1. The van der Waals surface area contributed by atoms with Crippen LogP contribution < -0.4 is 16.4 Å². The summed E-state index contributed by atoms with van der Waals surface area (Å²) in [6.07, 6.45) is 11.0. The number of anilines is 1.